The summed E-state index contributed by atoms with van der Waals surface area (Å²) in [5.74, 6) is -2.06. The van der Waals surface area contributed by atoms with E-state index in [0.717, 1.165) is 5.56 Å². The van der Waals surface area contributed by atoms with E-state index >= 15 is 0 Å². The summed E-state index contributed by atoms with van der Waals surface area (Å²) in [4.78, 5) is 40.4. The van der Waals surface area contributed by atoms with Crippen LogP contribution in [0, 0.1) is 24.7 Å². The topological polar surface area (TPSA) is 118 Å². The number of hydrogen-bond donors (Lipinski definition) is 3. The lowest BCUT2D eigenvalue weighted by molar-refractivity contribution is -0.163. The number of aliphatic hydroxyl groups is 1. The molecule has 3 aliphatic heterocycles. The Hall–Kier alpha value is -2.42. The highest BCUT2D eigenvalue weighted by molar-refractivity contribution is 6.32. The van der Waals surface area contributed by atoms with Gasteiger partial charge >= 0.3 is 5.97 Å². The van der Waals surface area contributed by atoms with Gasteiger partial charge in [0.2, 0.25) is 5.91 Å². The Balaban J connectivity index is 1.35. The number of carboxylic acids is 1. The lowest BCUT2D eigenvalue weighted by atomic mass is 9.77. The molecule has 2 saturated heterocycles. The van der Waals surface area contributed by atoms with Gasteiger partial charge in [-0.1, -0.05) is 24.6 Å². The van der Waals surface area contributed by atoms with Crippen LogP contribution in [-0.2, 0) is 20.8 Å². The summed E-state index contributed by atoms with van der Waals surface area (Å²) >= 11 is 6.27. The van der Waals surface area contributed by atoms with Gasteiger partial charge in [-0.3, -0.25) is 14.5 Å². The van der Waals surface area contributed by atoms with Crippen LogP contribution in [0.4, 0.5) is 0 Å². The molecule has 178 valence electrons. The number of aliphatic carboxylic acids is 1. The first-order chi connectivity index (χ1) is 15.5. The standard InChI is InChI=1S/C24H29ClN2O6/c1-11-16(22(24(32)33)27-21(11)19(13(3)28)23(27)31)10-26-8-15(9-26)18(30)7-5-14-4-6-17(29)12(2)20(14)25/h4,6,11,13,15,19,21,28-29H,5,7-10H2,1-3H3,(H,32,33)/t11-,13+,19+,21+/m0/s1. The Morgan fingerprint density at radius 2 is 1.94 bits per heavy atom. The second-order valence-corrected chi connectivity index (χ2v) is 9.85. The first kappa shape index (κ1) is 23.7. The molecule has 3 heterocycles. The minimum absolute atomic E-state index is 0.0292. The number of likely N-dealkylation sites (tertiary alicyclic amines) is 1. The highest BCUT2D eigenvalue weighted by Gasteiger charge is 2.60. The quantitative estimate of drug-likeness (QED) is 0.491. The molecule has 3 aliphatic rings. The van der Waals surface area contributed by atoms with Crippen LogP contribution in [0.15, 0.2) is 23.4 Å². The maximum atomic E-state index is 12.7. The largest absolute Gasteiger partial charge is 0.508 e. The zero-order valence-corrected chi connectivity index (χ0v) is 19.7. The number of halogens is 1. The summed E-state index contributed by atoms with van der Waals surface area (Å²) in [6.45, 7) is 6.67. The number of phenols is 1. The molecule has 1 aromatic rings. The number of carboxylic acid groups (broad SMARTS) is 1. The van der Waals surface area contributed by atoms with Crippen molar-refractivity contribution in [3.8, 4) is 5.75 Å². The summed E-state index contributed by atoms with van der Waals surface area (Å²) < 4.78 is 0. The summed E-state index contributed by atoms with van der Waals surface area (Å²) in [5.41, 5.74) is 2.14. The third kappa shape index (κ3) is 3.94. The number of rotatable bonds is 8. The van der Waals surface area contributed by atoms with Gasteiger partial charge in [0.25, 0.3) is 0 Å². The average molecular weight is 477 g/mol. The third-order valence-corrected chi connectivity index (χ3v) is 7.93. The number of phenolic OH excluding ortho intramolecular Hbond substituents is 1. The van der Waals surface area contributed by atoms with E-state index in [1.165, 1.54) is 4.90 Å². The minimum Gasteiger partial charge on any atom is -0.508 e. The van der Waals surface area contributed by atoms with E-state index in [0.29, 0.717) is 48.6 Å². The maximum absolute atomic E-state index is 12.7. The van der Waals surface area contributed by atoms with Crippen molar-refractivity contribution in [2.45, 2.75) is 45.8 Å². The molecule has 33 heavy (non-hydrogen) atoms. The molecule has 1 amide bonds. The number of nitrogens with zero attached hydrogens (tertiary/aromatic N) is 2. The number of hydrogen-bond acceptors (Lipinski definition) is 6. The molecule has 2 fully saturated rings. The van der Waals surface area contributed by atoms with E-state index in [2.05, 4.69) is 0 Å². The van der Waals surface area contributed by atoms with Gasteiger partial charge in [0.05, 0.1) is 23.1 Å². The van der Waals surface area contributed by atoms with Gasteiger partial charge in [-0.25, -0.2) is 4.79 Å². The number of aliphatic hydroxyl groups excluding tert-OH is 1. The number of ketones is 1. The van der Waals surface area contributed by atoms with Crippen LogP contribution in [0.25, 0.3) is 0 Å². The van der Waals surface area contributed by atoms with Crippen molar-refractivity contribution in [3.63, 3.8) is 0 Å². The molecule has 0 unspecified atom stereocenters. The van der Waals surface area contributed by atoms with Gasteiger partial charge in [0, 0.05) is 43.5 Å². The van der Waals surface area contributed by atoms with Crippen molar-refractivity contribution >= 4 is 29.3 Å². The SMILES string of the molecule is Cc1c(O)ccc(CCC(=O)C2CN(CC3=C(C(=O)O)N4C(=O)[C@H]([C@@H](C)O)[C@H]4[C@H]3C)C2)c1Cl. The summed E-state index contributed by atoms with van der Waals surface area (Å²) in [6.07, 6.45) is 0.0233. The zero-order valence-electron chi connectivity index (χ0n) is 18.9. The van der Waals surface area contributed by atoms with Crippen molar-refractivity contribution in [2.75, 3.05) is 19.6 Å². The molecule has 9 heteroatoms. The predicted octanol–water partition coefficient (Wildman–Crippen LogP) is 1.98. The van der Waals surface area contributed by atoms with Gasteiger partial charge in [0.15, 0.2) is 0 Å². The number of amides is 1. The Bertz CT molecular complexity index is 1050. The molecule has 0 saturated carbocycles. The Labute approximate surface area is 197 Å². The molecule has 4 atom stereocenters. The Morgan fingerprint density at radius 1 is 1.27 bits per heavy atom. The number of carbonyl (C=O) groups excluding carboxylic acids is 2. The second-order valence-electron chi connectivity index (χ2n) is 9.47. The molecule has 0 spiro atoms. The normalized spacial score (nSPS) is 26.2. The number of Topliss-reactive ketones (excluding diaryl/α,β-unsaturated/α-hetero) is 1. The van der Waals surface area contributed by atoms with Gasteiger partial charge in [-0.15, -0.1) is 0 Å². The fourth-order valence-corrected chi connectivity index (χ4v) is 5.64. The third-order valence-electron chi connectivity index (χ3n) is 7.40. The van der Waals surface area contributed by atoms with E-state index in [1.807, 2.05) is 11.8 Å². The van der Waals surface area contributed by atoms with Crippen LogP contribution in [-0.4, -0.2) is 74.6 Å². The zero-order chi connectivity index (χ0) is 24.2. The summed E-state index contributed by atoms with van der Waals surface area (Å²) in [5, 5.41) is 29.9. The molecule has 0 aliphatic carbocycles. The van der Waals surface area contributed by atoms with Crippen LogP contribution >= 0.6 is 11.6 Å². The molecule has 1 aromatic carbocycles. The van der Waals surface area contributed by atoms with Crippen LogP contribution in [0.2, 0.25) is 5.02 Å². The number of carbonyl (C=O) groups is 3. The predicted molar refractivity (Wildman–Crippen MR) is 121 cm³/mol. The van der Waals surface area contributed by atoms with E-state index in [-0.39, 0.29) is 41.0 Å². The van der Waals surface area contributed by atoms with Crippen molar-refractivity contribution in [1.82, 2.24) is 9.80 Å². The van der Waals surface area contributed by atoms with Crippen molar-refractivity contribution in [3.05, 3.63) is 39.6 Å². The smallest absolute Gasteiger partial charge is 0.352 e. The second kappa shape index (κ2) is 8.74. The number of β-lactam (4-membered cyclic amide) rings is 1. The van der Waals surface area contributed by atoms with Crippen LogP contribution < -0.4 is 0 Å². The summed E-state index contributed by atoms with van der Waals surface area (Å²) in [7, 11) is 0. The van der Waals surface area contributed by atoms with Crippen LogP contribution in [0.5, 0.6) is 5.75 Å². The first-order valence-electron chi connectivity index (χ1n) is 11.2. The lowest BCUT2D eigenvalue weighted by Gasteiger charge is -2.46. The van der Waals surface area contributed by atoms with Gasteiger partial charge in [-0.05, 0) is 37.5 Å². The number of aryl methyl sites for hydroxylation is 1. The lowest BCUT2D eigenvalue weighted by Crippen LogP contribution is -2.63. The molecule has 4 rings (SSSR count). The van der Waals surface area contributed by atoms with Crippen LogP contribution in [0.1, 0.15) is 31.4 Å². The number of aromatic hydroxyl groups is 1. The minimum atomic E-state index is -1.13. The van der Waals surface area contributed by atoms with Crippen molar-refractivity contribution in [1.29, 1.82) is 0 Å². The number of benzene rings is 1. The Morgan fingerprint density at radius 3 is 2.55 bits per heavy atom. The Kier molecular flexibility index (Phi) is 6.28. The van der Waals surface area contributed by atoms with Gasteiger partial charge < -0.3 is 20.2 Å². The number of fused-ring (bicyclic) bond motifs is 1. The fourth-order valence-electron chi connectivity index (χ4n) is 5.38. The molecule has 0 bridgehead atoms. The highest BCUT2D eigenvalue weighted by Crippen LogP contribution is 2.47. The van der Waals surface area contributed by atoms with Crippen LogP contribution in [0.3, 0.4) is 0 Å². The van der Waals surface area contributed by atoms with Gasteiger partial charge in [-0.2, -0.15) is 0 Å². The molecule has 0 radical (unpaired) electrons. The highest BCUT2D eigenvalue weighted by atomic mass is 35.5. The van der Waals surface area contributed by atoms with E-state index in [4.69, 9.17) is 11.6 Å². The fraction of sp³-hybridized carbons (Fsp3) is 0.542. The molecule has 0 aromatic heterocycles. The van der Waals surface area contributed by atoms with E-state index in [1.54, 1.807) is 26.0 Å². The van der Waals surface area contributed by atoms with Crippen molar-refractivity contribution < 1.29 is 29.7 Å². The molecular weight excluding hydrogens is 448 g/mol. The van der Waals surface area contributed by atoms with E-state index < -0.39 is 18.0 Å². The molecular formula is C24H29ClN2O6. The van der Waals surface area contributed by atoms with Gasteiger partial charge in [0.1, 0.15) is 17.2 Å². The molecule has 8 nitrogen and oxygen atoms in total. The average Bonchev–Trinajstić information content (AvgIpc) is 2.96. The summed E-state index contributed by atoms with van der Waals surface area (Å²) in [6, 6.07) is 2.99. The monoisotopic (exact) mass is 476 g/mol. The van der Waals surface area contributed by atoms with E-state index in [9.17, 15) is 29.7 Å². The maximum Gasteiger partial charge on any atom is 0.352 e. The first-order valence-corrected chi connectivity index (χ1v) is 11.6. The molecule has 3 N–H and O–H groups in total. The van der Waals surface area contributed by atoms with Crippen molar-refractivity contribution in [2.24, 2.45) is 17.8 Å².